The summed E-state index contributed by atoms with van der Waals surface area (Å²) >= 11 is 1.16. The van der Waals surface area contributed by atoms with E-state index in [1.54, 1.807) is 35.7 Å². The van der Waals surface area contributed by atoms with E-state index in [4.69, 9.17) is 4.74 Å². The van der Waals surface area contributed by atoms with Gasteiger partial charge in [0.05, 0.1) is 7.11 Å². The van der Waals surface area contributed by atoms with E-state index in [0.717, 1.165) is 11.3 Å². The maximum atomic E-state index is 12.8. The summed E-state index contributed by atoms with van der Waals surface area (Å²) in [7, 11) is -2.21. The Morgan fingerprint density at radius 2 is 2.05 bits per heavy atom. The maximum Gasteiger partial charge on any atom is 0.273 e. The summed E-state index contributed by atoms with van der Waals surface area (Å²) < 4.78 is 32.3. The monoisotopic (exact) mass is 323 g/mol. The molecule has 1 aliphatic heterocycles. The van der Waals surface area contributed by atoms with Gasteiger partial charge in [0.25, 0.3) is 10.0 Å². The number of ether oxygens (including phenoxy) is 1. The van der Waals surface area contributed by atoms with Gasteiger partial charge in [-0.15, -0.1) is 11.3 Å². The van der Waals surface area contributed by atoms with Crippen LogP contribution in [0, 0.1) is 0 Å². The van der Waals surface area contributed by atoms with Crippen LogP contribution in [0.15, 0.2) is 39.9 Å². The molecule has 5 nitrogen and oxygen atoms in total. The minimum atomic E-state index is -3.67. The third kappa shape index (κ3) is 2.22. The molecule has 0 aliphatic carbocycles. The highest BCUT2D eigenvalue weighted by Gasteiger charge is 2.35. The zero-order valence-electron chi connectivity index (χ0n) is 11.3. The van der Waals surface area contributed by atoms with Crippen LogP contribution in [0.3, 0.4) is 0 Å². The number of rotatable bonds is 3. The Bertz CT molecular complexity index is 781. The highest BCUT2D eigenvalue weighted by Crippen LogP contribution is 2.39. The predicted molar refractivity (Wildman–Crippen MR) is 80.8 cm³/mol. The molecule has 2 heterocycles. The zero-order valence-corrected chi connectivity index (χ0v) is 12.9. The lowest BCUT2D eigenvalue weighted by molar-refractivity contribution is 0.0981. The summed E-state index contributed by atoms with van der Waals surface area (Å²) in [4.78, 5) is 12.0. The van der Waals surface area contributed by atoms with Gasteiger partial charge in [0.1, 0.15) is 15.6 Å². The van der Waals surface area contributed by atoms with Crippen molar-refractivity contribution in [3.8, 4) is 5.75 Å². The number of anilines is 1. The zero-order chi connectivity index (χ0) is 15.0. The topological polar surface area (TPSA) is 63.7 Å². The molecule has 21 heavy (non-hydrogen) atoms. The van der Waals surface area contributed by atoms with E-state index < -0.39 is 10.0 Å². The fourth-order valence-electron chi connectivity index (χ4n) is 2.38. The first-order chi connectivity index (χ1) is 10.1. The van der Waals surface area contributed by atoms with Crippen LogP contribution in [-0.4, -0.2) is 27.9 Å². The lowest BCUT2D eigenvalue weighted by Gasteiger charge is -2.30. The minimum Gasteiger partial charge on any atom is -0.495 e. The van der Waals surface area contributed by atoms with Crippen molar-refractivity contribution in [1.29, 1.82) is 0 Å². The average molecular weight is 323 g/mol. The number of Topliss-reactive ketones (excluding diaryl/α,β-unsaturated/α-hetero) is 1. The molecule has 0 saturated heterocycles. The number of nitrogens with zero attached hydrogens (tertiary/aromatic N) is 1. The van der Waals surface area contributed by atoms with Crippen molar-refractivity contribution in [3.63, 3.8) is 0 Å². The first kappa shape index (κ1) is 14.1. The van der Waals surface area contributed by atoms with E-state index in [9.17, 15) is 13.2 Å². The van der Waals surface area contributed by atoms with Gasteiger partial charge in [0, 0.05) is 18.5 Å². The van der Waals surface area contributed by atoms with E-state index in [1.165, 1.54) is 11.4 Å². The van der Waals surface area contributed by atoms with Gasteiger partial charge in [-0.3, -0.25) is 9.10 Å². The van der Waals surface area contributed by atoms with Crippen molar-refractivity contribution in [1.82, 2.24) is 0 Å². The molecule has 1 aromatic carbocycles. The summed E-state index contributed by atoms with van der Waals surface area (Å²) in [5.74, 6) is 0.321. The number of hydrogen-bond donors (Lipinski definition) is 0. The van der Waals surface area contributed by atoms with E-state index >= 15 is 0 Å². The SMILES string of the molecule is COc1cccc2c1N(S(=O)(=O)c1cccs1)CCC2=O. The first-order valence-corrected chi connectivity index (χ1v) is 8.64. The Balaban J connectivity index is 2.20. The highest BCUT2D eigenvalue weighted by molar-refractivity contribution is 7.94. The molecule has 0 unspecified atom stereocenters. The van der Waals surface area contributed by atoms with Crippen LogP contribution < -0.4 is 9.04 Å². The molecule has 0 N–H and O–H groups in total. The molecular weight excluding hydrogens is 310 g/mol. The second-order valence-corrected chi connectivity index (χ2v) is 7.58. The highest BCUT2D eigenvalue weighted by atomic mass is 32.2. The molecule has 1 aliphatic rings. The van der Waals surface area contributed by atoms with Crippen LogP contribution in [0.5, 0.6) is 5.75 Å². The van der Waals surface area contributed by atoms with Gasteiger partial charge in [-0.2, -0.15) is 0 Å². The van der Waals surface area contributed by atoms with E-state index in [1.807, 2.05) is 0 Å². The summed E-state index contributed by atoms with van der Waals surface area (Å²) in [5.41, 5.74) is 0.727. The van der Waals surface area contributed by atoms with Crippen LogP contribution in [0.4, 0.5) is 5.69 Å². The van der Waals surface area contributed by atoms with Crippen molar-refractivity contribution < 1.29 is 17.9 Å². The Hall–Kier alpha value is -1.86. The molecule has 0 amide bonds. The molecule has 1 aromatic heterocycles. The summed E-state index contributed by atoms with van der Waals surface area (Å²) in [5, 5.41) is 1.71. The van der Waals surface area contributed by atoms with E-state index in [-0.39, 0.29) is 23.0 Å². The maximum absolute atomic E-state index is 12.8. The fraction of sp³-hybridized carbons (Fsp3) is 0.214. The molecule has 2 aromatic rings. The molecule has 0 fully saturated rings. The molecule has 110 valence electrons. The van der Waals surface area contributed by atoms with E-state index in [2.05, 4.69) is 0 Å². The van der Waals surface area contributed by atoms with Crippen LogP contribution in [-0.2, 0) is 10.0 Å². The average Bonchev–Trinajstić information content (AvgIpc) is 3.02. The van der Waals surface area contributed by atoms with Gasteiger partial charge < -0.3 is 4.74 Å². The molecule has 0 saturated carbocycles. The number of carbonyl (C=O) groups excluding carboxylic acids is 1. The number of methoxy groups -OCH3 is 1. The smallest absolute Gasteiger partial charge is 0.273 e. The van der Waals surface area contributed by atoms with Crippen molar-refractivity contribution in [2.24, 2.45) is 0 Å². The number of hydrogen-bond acceptors (Lipinski definition) is 5. The van der Waals surface area contributed by atoms with E-state index in [0.29, 0.717) is 17.0 Å². The van der Waals surface area contributed by atoms with Crippen LogP contribution in [0.25, 0.3) is 0 Å². The molecule has 0 spiro atoms. The predicted octanol–water partition coefficient (Wildman–Crippen LogP) is 2.54. The van der Waals surface area contributed by atoms with Gasteiger partial charge in [0.2, 0.25) is 0 Å². The molecule has 0 atom stereocenters. The largest absolute Gasteiger partial charge is 0.495 e. The first-order valence-electron chi connectivity index (χ1n) is 6.32. The minimum absolute atomic E-state index is 0.0680. The number of fused-ring (bicyclic) bond motifs is 1. The second kappa shape index (κ2) is 5.16. The third-order valence-corrected chi connectivity index (χ3v) is 6.52. The second-order valence-electron chi connectivity index (χ2n) is 4.54. The summed E-state index contributed by atoms with van der Waals surface area (Å²) in [6, 6.07) is 8.24. The third-order valence-electron chi connectivity index (χ3n) is 3.35. The Labute approximate surface area is 126 Å². The Morgan fingerprint density at radius 3 is 2.71 bits per heavy atom. The number of benzene rings is 1. The fourth-order valence-corrected chi connectivity index (χ4v) is 4.98. The van der Waals surface area contributed by atoms with Gasteiger partial charge in [-0.1, -0.05) is 12.1 Å². The number of thiophene rings is 1. The standard InChI is InChI=1S/C14H13NO4S2/c1-19-12-5-2-4-10-11(16)7-8-15(14(10)12)21(17,18)13-6-3-9-20-13/h2-6,9H,7-8H2,1H3. The number of ketones is 1. The molecular formula is C14H13NO4S2. The van der Waals surface area contributed by atoms with Gasteiger partial charge in [-0.25, -0.2) is 8.42 Å². The number of para-hydroxylation sites is 1. The molecule has 3 rings (SSSR count). The van der Waals surface area contributed by atoms with Crippen LogP contribution in [0.1, 0.15) is 16.8 Å². The normalized spacial score (nSPS) is 14.9. The number of carbonyl (C=O) groups is 1. The molecule has 0 bridgehead atoms. The van der Waals surface area contributed by atoms with Gasteiger partial charge in [-0.05, 0) is 23.6 Å². The molecule has 7 heteroatoms. The van der Waals surface area contributed by atoms with Crippen molar-refractivity contribution in [2.45, 2.75) is 10.6 Å². The van der Waals surface area contributed by atoms with Crippen LogP contribution >= 0.6 is 11.3 Å². The lowest BCUT2D eigenvalue weighted by Crippen LogP contribution is -2.37. The summed E-state index contributed by atoms with van der Waals surface area (Å²) in [6.07, 6.45) is 0.171. The Kier molecular flexibility index (Phi) is 3.46. The van der Waals surface area contributed by atoms with Crippen LogP contribution in [0.2, 0.25) is 0 Å². The Morgan fingerprint density at radius 1 is 1.24 bits per heavy atom. The van der Waals surface area contributed by atoms with Gasteiger partial charge >= 0.3 is 0 Å². The van der Waals surface area contributed by atoms with Crippen molar-refractivity contribution in [3.05, 3.63) is 41.3 Å². The number of sulfonamides is 1. The van der Waals surface area contributed by atoms with Crippen molar-refractivity contribution in [2.75, 3.05) is 18.0 Å². The quantitative estimate of drug-likeness (QED) is 0.871. The van der Waals surface area contributed by atoms with Crippen molar-refractivity contribution >= 4 is 32.8 Å². The molecule has 0 radical (unpaired) electrons. The lowest BCUT2D eigenvalue weighted by atomic mass is 10.0. The van der Waals surface area contributed by atoms with Gasteiger partial charge in [0.15, 0.2) is 5.78 Å². The summed E-state index contributed by atoms with van der Waals surface area (Å²) in [6.45, 7) is 0.131.